The molecule has 0 amide bonds. The summed E-state index contributed by atoms with van der Waals surface area (Å²) in [4.78, 5) is 33.5. The molecule has 1 aliphatic rings. The molecule has 5 aromatic rings. The van der Waals surface area contributed by atoms with E-state index in [2.05, 4.69) is 6.07 Å². The van der Waals surface area contributed by atoms with Gasteiger partial charge in [0.25, 0.3) is 5.56 Å². The van der Waals surface area contributed by atoms with Crippen LogP contribution in [0.1, 0.15) is 54.6 Å². The number of hydrogen-bond acceptors (Lipinski definition) is 9. The lowest BCUT2D eigenvalue weighted by Crippen LogP contribution is -2.40. The molecule has 0 bridgehead atoms. The number of carbonyl (C=O) groups is 1. The smallest absolute Gasteiger partial charge is 0.338 e. The Bertz CT molecular complexity index is 2270. The average Bonchev–Trinajstić information content (AvgIpc) is 3.45. The summed E-state index contributed by atoms with van der Waals surface area (Å²) in [6.45, 7) is 6.81. The van der Waals surface area contributed by atoms with Crippen molar-refractivity contribution in [3.8, 4) is 23.3 Å². The number of fused-ring (bicyclic) bond motifs is 1. The van der Waals surface area contributed by atoms with Crippen molar-refractivity contribution in [1.29, 1.82) is 5.26 Å². The number of benzene rings is 4. The SMILES string of the molecule is CCOC(=O)C1=C(c2ccccc2)N=c2s/c(=C/c3ccc(OCc4ccccc4C#N)c(OCC)c3)c(=O)n2[C@@H]1c1ccc(OCC)cc1. The maximum Gasteiger partial charge on any atom is 0.338 e. The van der Waals surface area contributed by atoms with Crippen LogP contribution < -0.4 is 29.1 Å². The van der Waals surface area contributed by atoms with Crippen molar-refractivity contribution in [3.63, 3.8) is 0 Å². The van der Waals surface area contributed by atoms with Crippen LogP contribution in [-0.4, -0.2) is 30.4 Å². The normalized spacial score (nSPS) is 14.0. The third-order valence-corrected chi connectivity index (χ3v) is 8.95. The van der Waals surface area contributed by atoms with Crippen LogP contribution in [-0.2, 0) is 16.1 Å². The number of carbonyl (C=O) groups excluding carboxylic acids is 1. The average molecular weight is 686 g/mol. The summed E-state index contributed by atoms with van der Waals surface area (Å²) < 4.78 is 25.2. The summed E-state index contributed by atoms with van der Waals surface area (Å²) in [6, 6.07) is 30.9. The Kier molecular flexibility index (Phi) is 10.6. The lowest BCUT2D eigenvalue weighted by Gasteiger charge is -2.26. The van der Waals surface area contributed by atoms with Gasteiger partial charge in [-0.05, 0) is 68.3 Å². The van der Waals surface area contributed by atoms with E-state index in [4.69, 9.17) is 23.9 Å². The van der Waals surface area contributed by atoms with Crippen LogP contribution in [0.2, 0.25) is 0 Å². The number of aromatic nitrogens is 1. The Morgan fingerprint density at radius 3 is 2.34 bits per heavy atom. The first-order valence-corrected chi connectivity index (χ1v) is 17.2. The van der Waals surface area contributed by atoms with Gasteiger partial charge in [-0.15, -0.1) is 0 Å². The highest BCUT2D eigenvalue weighted by Crippen LogP contribution is 2.36. The second-order valence-electron chi connectivity index (χ2n) is 11.1. The number of ether oxygens (including phenoxy) is 4. The van der Waals surface area contributed by atoms with Gasteiger partial charge in [0.05, 0.1) is 53.3 Å². The second-order valence-corrected chi connectivity index (χ2v) is 12.1. The van der Waals surface area contributed by atoms with E-state index in [-0.39, 0.29) is 24.3 Å². The molecule has 1 aliphatic heterocycles. The van der Waals surface area contributed by atoms with Crippen molar-refractivity contribution in [2.45, 2.75) is 33.4 Å². The molecule has 6 rings (SSSR count). The predicted octanol–water partition coefficient (Wildman–Crippen LogP) is 6.18. The van der Waals surface area contributed by atoms with Gasteiger partial charge in [0, 0.05) is 11.1 Å². The maximum atomic E-state index is 14.3. The second kappa shape index (κ2) is 15.5. The molecule has 0 radical (unpaired) electrons. The van der Waals surface area contributed by atoms with Crippen molar-refractivity contribution in [2.24, 2.45) is 4.99 Å². The van der Waals surface area contributed by atoms with Crippen LogP contribution in [0, 0.1) is 11.3 Å². The highest BCUT2D eigenvalue weighted by molar-refractivity contribution is 7.07. The van der Waals surface area contributed by atoms with Gasteiger partial charge in [-0.1, -0.05) is 78.1 Å². The first-order chi connectivity index (χ1) is 24.4. The van der Waals surface area contributed by atoms with Crippen molar-refractivity contribution >= 4 is 29.1 Å². The minimum atomic E-state index is -0.801. The van der Waals surface area contributed by atoms with Crippen LogP contribution in [0.15, 0.2) is 112 Å². The fourth-order valence-electron chi connectivity index (χ4n) is 5.73. The lowest BCUT2D eigenvalue weighted by molar-refractivity contribution is -0.138. The molecule has 50 heavy (non-hydrogen) atoms. The number of rotatable bonds is 12. The molecule has 0 unspecified atom stereocenters. The molecule has 0 aliphatic carbocycles. The van der Waals surface area contributed by atoms with E-state index in [1.807, 2.05) is 98.8 Å². The third-order valence-electron chi connectivity index (χ3n) is 7.97. The summed E-state index contributed by atoms with van der Waals surface area (Å²) >= 11 is 1.24. The van der Waals surface area contributed by atoms with E-state index in [9.17, 15) is 14.9 Å². The molecular formula is C40H35N3O6S. The van der Waals surface area contributed by atoms with Gasteiger partial charge in [0.1, 0.15) is 12.4 Å². The standard InChI is InChI=1S/C40H35N3O6S/c1-4-46-31-19-17-28(18-20-31)37-35(39(45)48-6-3)36(27-12-8-7-9-13-27)42-40-43(37)38(44)34(50-40)23-26-16-21-32(33(22-26)47-5-2)49-25-30-15-11-10-14-29(30)24-41/h7-23,37H,4-6,25H2,1-3H3/b34-23+/t37-/m1/s1. The summed E-state index contributed by atoms with van der Waals surface area (Å²) in [5.41, 5.74) is 3.91. The maximum absolute atomic E-state index is 14.3. The predicted molar refractivity (Wildman–Crippen MR) is 192 cm³/mol. The van der Waals surface area contributed by atoms with Gasteiger partial charge in [-0.3, -0.25) is 9.36 Å². The molecule has 252 valence electrons. The Morgan fingerprint density at radius 2 is 1.62 bits per heavy atom. The van der Waals surface area contributed by atoms with Gasteiger partial charge in [-0.25, -0.2) is 9.79 Å². The molecule has 9 nitrogen and oxygen atoms in total. The van der Waals surface area contributed by atoms with Gasteiger partial charge in [-0.2, -0.15) is 5.26 Å². The molecule has 2 heterocycles. The molecule has 0 saturated heterocycles. The fraction of sp³-hybridized carbons (Fsp3) is 0.200. The van der Waals surface area contributed by atoms with E-state index < -0.39 is 12.0 Å². The highest BCUT2D eigenvalue weighted by atomic mass is 32.1. The van der Waals surface area contributed by atoms with Crippen LogP contribution in [0.3, 0.4) is 0 Å². The molecule has 4 aromatic carbocycles. The molecular weight excluding hydrogens is 651 g/mol. The molecule has 0 spiro atoms. The Balaban J connectivity index is 1.47. The zero-order valence-corrected chi connectivity index (χ0v) is 28.7. The molecule has 0 fully saturated rings. The Morgan fingerprint density at radius 1 is 0.880 bits per heavy atom. The summed E-state index contributed by atoms with van der Waals surface area (Å²) in [6.07, 6.45) is 1.78. The van der Waals surface area contributed by atoms with Crippen molar-refractivity contribution < 1.29 is 23.7 Å². The number of nitriles is 1. The topological polar surface area (TPSA) is 112 Å². The third kappa shape index (κ3) is 7.09. The summed E-state index contributed by atoms with van der Waals surface area (Å²) in [7, 11) is 0. The van der Waals surface area contributed by atoms with Crippen molar-refractivity contribution in [3.05, 3.63) is 150 Å². The van der Waals surface area contributed by atoms with E-state index in [0.717, 1.165) is 11.1 Å². The number of esters is 1. The van der Waals surface area contributed by atoms with Gasteiger partial charge < -0.3 is 18.9 Å². The van der Waals surface area contributed by atoms with Gasteiger partial charge >= 0.3 is 5.97 Å². The summed E-state index contributed by atoms with van der Waals surface area (Å²) in [5.74, 6) is 1.16. The van der Waals surface area contributed by atoms with Crippen LogP contribution in [0.5, 0.6) is 17.2 Å². The van der Waals surface area contributed by atoms with Gasteiger partial charge in [0.15, 0.2) is 16.3 Å². The number of nitrogens with zero attached hydrogens (tertiary/aromatic N) is 3. The van der Waals surface area contributed by atoms with E-state index >= 15 is 0 Å². The van der Waals surface area contributed by atoms with Crippen molar-refractivity contribution in [1.82, 2.24) is 4.57 Å². The monoisotopic (exact) mass is 685 g/mol. The quantitative estimate of drug-likeness (QED) is 0.144. The first kappa shape index (κ1) is 34.0. The Labute approximate surface area is 293 Å². The zero-order chi connectivity index (χ0) is 35.0. The van der Waals surface area contributed by atoms with Crippen LogP contribution in [0.25, 0.3) is 11.8 Å². The molecule has 1 aromatic heterocycles. The van der Waals surface area contributed by atoms with E-state index in [1.165, 1.54) is 11.3 Å². The summed E-state index contributed by atoms with van der Waals surface area (Å²) in [5, 5.41) is 9.47. The van der Waals surface area contributed by atoms with E-state index in [0.29, 0.717) is 62.2 Å². The molecule has 0 N–H and O–H groups in total. The van der Waals surface area contributed by atoms with Crippen LogP contribution in [0.4, 0.5) is 0 Å². The Hall–Kier alpha value is -5.92. The minimum absolute atomic E-state index is 0.164. The lowest BCUT2D eigenvalue weighted by atomic mass is 9.93. The van der Waals surface area contributed by atoms with Crippen molar-refractivity contribution in [2.75, 3.05) is 19.8 Å². The fourth-order valence-corrected chi connectivity index (χ4v) is 6.73. The number of thiazole rings is 1. The first-order valence-electron chi connectivity index (χ1n) is 16.3. The van der Waals surface area contributed by atoms with E-state index in [1.54, 1.807) is 29.7 Å². The highest BCUT2D eigenvalue weighted by Gasteiger charge is 2.35. The molecule has 1 atom stereocenters. The largest absolute Gasteiger partial charge is 0.494 e. The molecule has 0 saturated carbocycles. The zero-order valence-electron chi connectivity index (χ0n) is 27.9. The van der Waals surface area contributed by atoms with Crippen LogP contribution >= 0.6 is 11.3 Å². The minimum Gasteiger partial charge on any atom is -0.494 e. The number of hydrogen-bond donors (Lipinski definition) is 0. The van der Waals surface area contributed by atoms with Gasteiger partial charge in [0.2, 0.25) is 0 Å². The molecule has 10 heteroatoms.